The van der Waals surface area contributed by atoms with Crippen LogP contribution >= 0.6 is 0 Å². The minimum atomic E-state index is 0.116. The zero-order chi connectivity index (χ0) is 21.4. The van der Waals surface area contributed by atoms with E-state index in [1.165, 1.54) is 0 Å². The first kappa shape index (κ1) is 19.6. The molecule has 1 saturated carbocycles. The first-order valence-corrected chi connectivity index (χ1v) is 10.6. The smallest absolute Gasteiger partial charge is 0.227 e. The van der Waals surface area contributed by atoms with Crippen molar-refractivity contribution < 1.29 is 14.3 Å². The van der Waals surface area contributed by atoms with Gasteiger partial charge in [-0.15, -0.1) is 15.3 Å². The fraction of sp³-hybridized carbons (Fsp3) is 0.455. The van der Waals surface area contributed by atoms with Gasteiger partial charge in [0.15, 0.2) is 23.0 Å². The number of amides is 1. The molecular weight excluding hydrogens is 396 g/mol. The first-order valence-electron chi connectivity index (χ1n) is 10.6. The van der Waals surface area contributed by atoms with Gasteiger partial charge in [-0.3, -0.25) is 4.79 Å². The van der Waals surface area contributed by atoms with Gasteiger partial charge in [-0.2, -0.15) is 4.52 Å². The molecule has 3 heterocycles. The van der Waals surface area contributed by atoms with Gasteiger partial charge in [0.1, 0.15) is 5.82 Å². The number of carbonyl (C=O) groups excluding carboxylic acids is 1. The van der Waals surface area contributed by atoms with Crippen molar-refractivity contribution in [2.24, 2.45) is 0 Å². The van der Waals surface area contributed by atoms with Crippen molar-refractivity contribution in [2.45, 2.75) is 25.2 Å². The van der Waals surface area contributed by atoms with E-state index < -0.39 is 0 Å². The maximum atomic E-state index is 12.8. The van der Waals surface area contributed by atoms with Crippen LogP contribution in [0.4, 0.5) is 5.82 Å². The van der Waals surface area contributed by atoms with Gasteiger partial charge in [-0.25, -0.2) is 0 Å². The van der Waals surface area contributed by atoms with Crippen LogP contribution < -0.4 is 14.4 Å². The van der Waals surface area contributed by atoms with Crippen LogP contribution in [0, 0.1) is 0 Å². The average Bonchev–Trinajstić information content (AvgIpc) is 3.57. The number of fused-ring (bicyclic) bond motifs is 1. The van der Waals surface area contributed by atoms with Crippen molar-refractivity contribution in [3.8, 4) is 11.5 Å². The van der Waals surface area contributed by atoms with Crippen molar-refractivity contribution in [2.75, 3.05) is 45.3 Å². The molecule has 2 fully saturated rings. The van der Waals surface area contributed by atoms with Crippen molar-refractivity contribution in [1.82, 2.24) is 24.7 Å². The van der Waals surface area contributed by atoms with E-state index in [-0.39, 0.29) is 5.91 Å². The molecule has 0 radical (unpaired) electrons. The largest absolute Gasteiger partial charge is 0.493 e. The lowest BCUT2D eigenvalue weighted by Gasteiger charge is -2.35. The normalized spacial score (nSPS) is 16.6. The Morgan fingerprint density at radius 2 is 1.77 bits per heavy atom. The summed E-state index contributed by atoms with van der Waals surface area (Å²) in [7, 11) is 3.20. The number of aromatic nitrogens is 4. The molecule has 3 aromatic rings. The highest BCUT2D eigenvalue weighted by Gasteiger charge is 2.30. The standard InChI is InChI=1S/C22H26N6O3/c1-30-17-6-3-15(13-18(17)31-2)14-21(29)27-11-9-26(10-12-27)20-8-7-19-23-24-22(16-4-5-16)28(19)25-20/h3,6-8,13,16H,4-5,9-12,14H2,1-2H3. The van der Waals surface area contributed by atoms with Gasteiger partial charge in [-0.05, 0) is 42.7 Å². The highest BCUT2D eigenvalue weighted by atomic mass is 16.5. The van der Waals surface area contributed by atoms with E-state index in [0.29, 0.717) is 36.9 Å². The number of benzene rings is 1. The molecule has 9 heteroatoms. The fourth-order valence-electron chi connectivity index (χ4n) is 4.02. The van der Waals surface area contributed by atoms with Gasteiger partial charge in [0, 0.05) is 32.1 Å². The Labute approximate surface area is 180 Å². The minimum absolute atomic E-state index is 0.116. The summed E-state index contributed by atoms with van der Waals surface area (Å²) in [5.41, 5.74) is 1.70. The second kappa shape index (κ2) is 8.05. The number of hydrogen-bond acceptors (Lipinski definition) is 7. The zero-order valence-electron chi connectivity index (χ0n) is 17.8. The lowest BCUT2D eigenvalue weighted by Crippen LogP contribution is -2.49. The molecule has 162 valence electrons. The van der Waals surface area contributed by atoms with Gasteiger partial charge in [-0.1, -0.05) is 6.07 Å². The first-order chi connectivity index (χ1) is 15.2. The lowest BCUT2D eigenvalue weighted by atomic mass is 10.1. The van der Waals surface area contributed by atoms with Crippen molar-refractivity contribution in [3.05, 3.63) is 41.7 Å². The quantitative estimate of drug-likeness (QED) is 0.600. The number of nitrogens with zero attached hydrogens (tertiary/aromatic N) is 6. The molecule has 0 bridgehead atoms. The molecule has 0 atom stereocenters. The molecule has 1 aromatic carbocycles. The summed E-state index contributed by atoms with van der Waals surface area (Å²) in [6.07, 6.45) is 2.66. The molecule has 31 heavy (non-hydrogen) atoms. The fourth-order valence-corrected chi connectivity index (χ4v) is 4.02. The molecular formula is C22H26N6O3. The Hall–Kier alpha value is -3.36. The second-order valence-corrected chi connectivity index (χ2v) is 8.03. The van der Waals surface area contributed by atoms with Crippen LogP contribution in [0.1, 0.15) is 30.1 Å². The van der Waals surface area contributed by atoms with Crippen LogP contribution in [0.25, 0.3) is 5.65 Å². The summed E-state index contributed by atoms with van der Waals surface area (Å²) in [5, 5.41) is 13.3. The van der Waals surface area contributed by atoms with Crippen LogP contribution in [0.5, 0.6) is 11.5 Å². The second-order valence-electron chi connectivity index (χ2n) is 8.03. The number of hydrogen-bond donors (Lipinski definition) is 0. The monoisotopic (exact) mass is 422 g/mol. The molecule has 0 N–H and O–H groups in total. The summed E-state index contributed by atoms with van der Waals surface area (Å²) in [5.74, 6) is 3.77. The molecule has 0 unspecified atom stereocenters. The van der Waals surface area contributed by atoms with Gasteiger partial charge in [0.05, 0.1) is 20.6 Å². The van der Waals surface area contributed by atoms with Gasteiger partial charge < -0.3 is 19.3 Å². The summed E-state index contributed by atoms with van der Waals surface area (Å²) in [6.45, 7) is 2.83. The summed E-state index contributed by atoms with van der Waals surface area (Å²) in [6, 6.07) is 9.56. The number of piperazine rings is 1. The van der Waals surface area contributed by atoms with Crippen molar-refractivity contribution in [1.29, 1.82) is 0 Å². The van der Waals surface area contributed by atoms with Crippen LogP contribution in [-0.4, -0.2) is 71.0 Å². The predicted octanol–water partition coefficient (Wildman–Crippen LogP) is 1.91. The number of carbonyl (C=O) groups is 1. The maximum Gasteiger partial charge on any atom is 0.227 e. The van der Waals surface area contributed by atoms with Crippen LogP contribution in [0.15, 0.2) is 30.3 Å². The number of anilines is 1. The third-order valence-electron chi connectivity index (χ3n) is 5.98. The van der Waals surface area contributed by atoms with E-state index in [9.17, 15) is 4.79 Å². The third kappa shape index (κ3) is 3.87. The van der Waals surface area contributed by atoms with E-state index in [1.807, 2.05) is 39.7 Å². The maximum absolute atomic E-state index is 12.8. The molecule has 1 saturated heterocycles. The van der Waals surface area contributed by atoms with E-state index in [0.717, 1.165) is 48.8 Å². The molecule has 1 aliphatic heterocycles. The zero-order valence-corrected chi connectivity index (χ0v) is 17.8. The molecule has 2 aliphatic rings. The van der Waals surface area contributed by atoms with Gasteiger partial charge >= 0.3 is 0 Å². The van der Waals surface area contributed by atoms with E-state index in [2.05, 4.69) is 15.1 Å². The summed E-state index contributed by atoms with van der Waals surface area (Å²) >= 11 is 0. The number of methoxy groups -OCH3 is 2. The number of rotatable bonds is 6. The van der Waals surface area contributed by atoms with Gasteiger partial charge in [0.2, 0.25) is 5.91 Å². The molecule has 2 aromatic heterocycles. The minimum Gasteiger partial charge on any atom is -0.493 e. The number of ether oxygens (including phenoxy) is 2. The SMILES string of the molecule is COc1ccc(CC(=O)N2CCN(c3ccc4nnc(C5CC5)n4n3)CC2)cc1OC. The summed E-state index contributed by atoms with van der Waals surface area (Å²) in [4.78, 5) is 17.0. The highest BCUT2D eigenvalue weighted by molar-refractivity contribution is 5.79. The average molecular weight is 422 g/mol. The van der Waals surface area contributed by atoms with E-state index >= 15 is 0 Å². The molecule has 1 amide bonds. The van der Waals surface area contributed by atoms with E-state index in [1.54, 1.807) is 14.2 Å². The van der Waals surface area contributed by atoms with Gasteiger partial charge in [0.25, 0.3) is 0 Å². The predicted molar refractivity (Wildman–Crippen MR) is 115 cm³/mol. The third-order valence-corrected chi connectivity index (χ3v) is 5.98. The van der Waals surface area contributed by atoms with E-state index in [4.69, 9.17) is 14.6 Å². The highest BCUT2D eigenvalue weighted by Crippen LogP contribution is 2.38. The molecule has 5 rings (SSSR count). The Morgan fingerprint density at radius 1 is 1.00 bits per heavy atom. The van der Waals surface area contributed by atoms with Crippen molar-refractivity contribution in [3.63, 3.8) is 0 Å². The molecule has 1 aliphatic carbocycles. The Kier molecular flexibility index (Phi) is 5.09. The molecule has 0 spiro atoms. The molecule has 9 nitrogen and oxygen atoms in total. The van der Waals surface area contributed by atoms with Crippen LogP contribution in [-0.2, 0) is 11.2 Å². The topological polar surface area (TPSA) is 85.1 Å². The summed E-state index contributed by atoms with van der Waals surface area (Å²) < 4.78 is 12.5. The lowest BCUT2D eigenvalue weighted by molar-refractivity contribution is -0.130. The Morgan fingerprint density at radius 3 is 2.48 bits per heavy atom. The van der Waals surface area contributed by atoms with Crippen LogP contribution in [0.3, 0.4) is 0 Å². The Bertz CT molecular complexity index is 1100. The van der Waals surface area contributed by atoms with Crippen LogP contribution in [0.2, 0.25) is 0 Å². The van der Waals surface area contributed by atoms with Crippen molar-refractivity contribution >= 4 is 17.4 Å². The Balaban J connectivity index is 1.22.